The number of fused-ring (bicyclic) bond motifs is 1. The standard InChI is InChI=1S/C14H9FN2O2/c15-9-2-4-12-10(5-9)11(7-17-12)13-3-1-8(6-16-13)14(18)19/h1-7,17H,(H,18,19). The molecule has 1 aromatic carbocycles. The molecule has 19 heavy (non-hydrogen) atoms. The normalized spacial score (nSPS) is 10.8. The lowest BCUT2D eigenvalue weighted by atomic mass is 10.1. The van der Waals surface area contributed by atoms with Gasteiger partial charge in [-0.3, -0.25) is 4.98 Å². The Labute approximate surface area is 107 Å². The Morgan fingerprint density at radius 3 is 2.79 bits per heavy atom. The highest BCUT2D eigenvalue weighted by molar-refractivity contribution is 5.95. The van der Waals surface area contributed by atoms with Crippen molar-refractivity contribution >= 4 is 16.9 Å². The highest BCUT2D eigenvalue weighted by Gasteiger charge is 2.09. The van der Waals surface area contributed by atoms with E-state index in [1.807, 2.05) is 0 Å². The van der Waals surface area contributed by atoms with Gasteiger partial charge in [0.2, 0.25) is 0 Å². The van der Waals surface area contributed by atoms with Crippen molar-refractivity contribution in [1.29, 1.82) is 0 Å². The van der Waals surface area contributed by atoms with Crippen LogP contribution in [0.5, 0.6) is 0 Å². The predicted octanol–water partition coefficient (Wildman–Crippen LogP) is 3.07. The SMILES string of the molecule is O=C(O)c1ccc(-c2c[nH]c3ccc(F)cc23)nc1. The van der Waals surface area contributed by atoms with E-state index in [4.69, 9.17) is 5.11 Å². The molecule has 94 valence electrons. The van der Waals surface area contributed by atoms with Crippen LogP contribution in [0, 0.1) is 5.82 Å². The van der Waals surface area contributed by atoms with Crippen molar-refractivity contribution in [2.24, 2.45) is 0 Å². The summed E-state index contributed by atoms with van der Waals surface area (Å²) in [5.41, 5.74) is 2.27. The van der Waals surface area contributed by atoms with Crippen molar-refractivity contribution in [2.75, 3.05) is 0 Å². The number of hydrogen-bond donors (Lipinski definition) is 2. The topological polar surface area (TPSA) is 66.0 Å². The summed E-state index contributed by atoms with van der Waals surface area (Å²) in [6.07, 6.45) is 3.02. The van der Waals surface area contributed by atoms with E-state index in [0.29, 0.717) is 5.69 Å². The molecule has 0 aliphatic rings. The summed E-state index contributed by atoms with van der Waals surface area (Å²) in [7, 11) is 0. The molecule has 0 saturated carbocycles. The number of carboxylic acid groups (broad SMARTS) is 1. The zero-order valence-corrected chi connectivity index (χ0v) is 9.72. The van der Waals surface area contributed by atoms with Crippen molar-refractivity contribution < 1.29 is 14.3 Å². The Morgan fingerprint density at radius 2 is 2.11 bits per heavy atom. The van der Waals surface area contributed by atoms with Crippen LogP contribution in [0.3, 0.4) is 0 Å². The van der Waals surface area contributed by atoms with Gasteiger partial charge in [0.15, 0.2) is 0 Å². The zero-order chi connectivity index (χ0) is 13.4. The second kappa shape index (κ2) is 4.20. The van der Waals surface area contributed by atoms with Crippen LogP contribution >= 0.6 is 0 Å². The summed E-state index contributed by atoms with van der Waals surface area (Å²) in [5.74, 6) is -1.35. The van der Waals surface area contributed by atoms with Gasteiger partial charge in [-0.2, -0.15) is 0 Å². The molecule has 0 amide bonds. The van der Waals surface area contributed by atoms with Gasteiger partial charge in [-0.25, -0.2) is 9.18 Å². The van der Waals surface area contributed by atoms with Crippen LogP contribution in [-0.4, -0.2) is 21.0 Å². The number of nitrogens with zero attached hydrogens (tertiary/aromatic N) is 1. The molecular weight excluding hydrogens is 247 g/mol. The van der Waals surface area contributed by atoms with Gasteiger partial charge in [0.05, 0.1) is 11.3 Å². The van der Waals surface area contributed by atoms with Crippen molar-refractivity contribution in [3.63, 3.8) is 0 Å². The molecule has 5 heteroatoms. The lowest BCUT2D eigenvalue weighted by Gasteiger charge is -2.00. The number of carbonyl (C=O) groups is 1. The summed E-state index contributed by atoms with van der Waals surface area (Å²) in [4.78, 5) is 17.9. The van der Waals surface area contributed by atoms with Gasteiger partial charge in [-0.1, -0.05) is 0 Å². The molecular formula is C14H9FN2O2. The maximum absolute atomic E-state index is 13.3. The van der Waals surface area contributed by atoms with Crippen molar-refractivity contribution in [3.8, 4) is 11.3 Å². The van der Waals surface area contributed by atoms with Crippen LogP contribution in [0.1, 0.15) is 10.4 Å². The first-order chi connectivity index (χ1) is 9.15. The Hall–Kier alpha value is -2.69. The van der Waals surface area contributed by atoms with E-state index >= 15 is 0 Å². The quantitative estimate of drug-likeness (QED) is 0.740. The third kappa shape index (κ3) is 1.95. The highest BCUT2D eigenvalue weighted by Crippen LogP contribution is 2.27. The zero-order valence-electron chi connectivity index (χ0n) is 9.72. The Balaban J connectivity index is 2.13. The predicted molar refractivity (Wildman–Crippen MR) is 68.4 cm³/mol. The molecule has 2 N–H and O–H groups in total. The number of pyridine rings is 1. The molecule has 4 nitrogen and oxygen atoms in total. The molecule has 0 bridgehead atoms. The third-order valence-electron chi connectivity index (χ3n) is 2.93. The van der Waals surface area contributed by atoms with Crippen LogP contribution in [0.2, 0.25) is 0 Å². The van der Waals surface area contributed by atoms with Gasteiger partial charge in [0, 0.05) is 28.9 Å². The van der Waals surface area contributed by atoms with E-state index in [-0.39, 0.29) is 11.4 Å². The van der Waals surface area contributed by atoms with Gasteiger partial charge < -0.3 is 10.1 Å². The minimum absolute atomic E-state index is 0.120. The van der Waals surface area contributed by atoms with E-state index in [0.717, 1.165) is 16.5 Å². The fourth-order valence-electron chi connectivity index (χ4n) is 1.98. The number of rotatable bonds is 2. The highest BCUT2D eigenvalue weighted by atomic mass is 19.1. The van der Waals surface area contributed by atoms with E-state index in [1.165, 1.54) is 24.4 Å². The Kier molecular flexibility index (Phi) is 2.52. The lowest BCUT2D eigenvalue weighted by Crippen LogP contribution is -1.96. The van der Waals surface area contributed by atoms with Gasteiger partial charge in [-0.15, -0.1) is 0 Å². The number of carboxylic acids is 1. The summed E-state index contributed by atoms with van der Waals surface area (Å²) in [6, 6.07) is 7.54. The number of hydrogen-bond acceptors (Lipinski definition) is 2. The maximum atomic E-state index is 13.3. The van der Waals surface area contributed by atoms with Crippen LogP contribution in [0.25, 0.3) is 22.2 Å². The largest absolute Gasteiger partial charge is 0.478 e. The van der Waals surface area contributed by atoms with Gasteiger partial charge in [0.25, 0.3) is 0 Å². The Morgan fingerprint density at radius 1 is 1.26 bits per heavy atom. The molecule has 0 atom stereocenters. The van der Waals surface area contributed by atoms with Crippen LogP contribution in [0.4, 0.5) is 4.39 Å². The summed E-state index contributed by atoms with van der Waals surface area (Å²) in [6.45, 7) is 0. The van der Waals surface area contributed by atoms with E-state index in [9.17, 15) is 9.18 Å². The van der Waals surface area contributed by atoms with Gasteiger partial charge in [-0.05, 0) is 30.3 Å². The second-order valence-electron chi connectivity index (χ2n) is 4.13. The molecule has 3 aromatic rings. The summed E-state index contributed by atoms with van der Waals surface area (Å²) < 4.78 is 13.3. The summed E-state index contributed by atoms with van der Waals surface area (Å²) in [5, 5.41) is 9.54. The molecule has 0 radical (unpaired) electrons. The van der Waals surface area contributed by atoms with Crippen molar-refractivity contribution in [2.45, 2.75) is 0 Å². The van der Waals surface area contributed by atoms with Gasteiger partial charge >= 0.3 is 5.97 Å². The maximum Gasteiger partial charge on any atom is 0.337 e. The smallest absolute Gasteiger partial charge is 0.337 e. The second-order valence-corrected chi connectivity index (χ2v) is 4.13. The molecule has 0 aliphatic carbocycles. The molecule has 0 unspecified atom stereocenters. The molecule has 0 saturated heterocycles. The fraction of sp³-hybridized carbons (Fsp3) is 0. The number of benzene rings is 1. The number of aromatic amines is 1. The first kappa shape index (κ1) is 11.4. The van der Waals surface area contributed by atoms with Gasteiger partial charge in [0.1, 0.15) is 5.82 Å². The fourth-order valence-corrected chi connectivity index (χ4v) is 1.98. The average molecular weight is 256 g/mol. The number of nitrogens with one attached hydrogen (secondary N) is 1. The van der Waals surface area contributed by atoms with E-state index < -0.39 is 5.97 Å². The first-order valence-corrected chi connectivity index (χ1v) is 5.61. The minimum atomic E-state index is -1.02. The molecule has 0 fully saturated rings. The lowest BCUT2D eigenvalue weighted by molar-refractivity contribution is 0.0696. The number of aromatic nitrogens is 2. The van der Waals surface area contributed by atoms with Crippen LogP contribution < -0.4 is 0 Å². The van der Waals surface area contributed by atoms with Crippen LogP contribution in [0.15, 0.2) is 42.7 Å². The van der Waals surface area contributed by atoms with Crippen molar-refractivity contribution in [3.05, 3.63) is 54.1 Å². The van der Waals surface area contributed by atoms with Crippen molar-refractivity contribution in [1.82, 2.24) is 9.97 Å². The Bertz CT molecular complexity index is 763. The minimum Gasteiger partial charge on any atom is -0.478 e. The average Bonchev–Trinajstić information content (AvgIpc) is 2.81. The molecule has 2 heterocycles. The number of halogens is 1. The molecule has 0 spiro atoms. The molecule has 0 aliphatic heterocycles. The van der Waals surface area contributed by atoms with E-state index in [2.05, 4.69) is 9.97 Å². The number of H-pyrrole nitrogens is 1. The van der Waals surface area contributed by atoms with Crippen LogP contribution in [-0.2, 0) is 0 Å². The number of aromatic carboxylic acids is 1. The molecule has 2 aromatic heterocycles. The monoisotopic (exact) mass is 256 g/mol. The molecule has 3 rings (SSSR count). The van der Waals surface area contributed by atoms with E-state index in [1.54, 1.807) is 18.3 Å². The first-order valence-electron chi connectivity index (χ1n) is 5.61. The summed E-state index contributed by atoms with van der Waals surface area (Å²) >= 11 is 0. The third-order valence-corrected chi connectivity index (χ3v) is 2.93.